The van der Waals surface area contributed by atoms with Crippen molar-refractivity contribution in [2.75, 3.05) is 35.3 Å². The van der Waals surface area contributed by atoms with Crippen molar-refractivity contribution in [1.82, 2.24) is 24.1 Å². The van der Waals surface area contributed by atoms with Gasteiger partial charge in [-0.05, 0) is 24.5 Å². The Kier molecular flexibility index (Phi) is 5.92. The van der Waals surface area contributed by atoms with Crippen LogP contribution in [0.2, 0.25) is 5.02 Å². The van der Waals surface area contributed by atoms with Crippen molar-refractivity contribution < 1.29 is 4.79 Å². The molecular formula is C24H25ClN8O2S. The Bertz CT molecular complexity index is 1550. The number of ketones is 1. The summed E-state index contributed by atoms with van der Waals surface area (Å²) in [5, 5.41) is 8.16. The van der Waals surface area contributed by atoms with Crippen LogP contribution in [-0.4, -0.2) is 49.3 Å². The molecule has 10 nitrogen and oxygen atoms in total. The maximum Gasteiger partial charge on any atom is 0.284 e. The number of hydrogen-bond donors (Lipinski definition) is 3. The maximum absolute atomic E-state index is 13.7. The van der Waals surface area contributed by atoms with Gasteiger partial charge in [0, 0.05) is 18.2 Å². The third-order valence-corrected chi connectivity index (χ3v) is 6.73. The molecule has 0 spiro atoms. The van der Waals surface area contributed by atoms with Crippen molar-refractivity contribution in [2.45, 2.75) is 19.9 Å². The van der Waals surface area contributed by atoms with Crippen molar-refractivity contribution in [1.29, 1.82) is 0 Å². The number of hydrogen-bond acceptors (Lipinski definition) is 9. The number of nitrogens with two attached hydrogens (primary N) is 1. The summed E-state index contributed by atoms with van der Waals surface area (Å²) in [7, 11) is 0. The van der Waals surface area contributed by atoms with Crippen LogP contribution in [0, 0.1) is 5.41 Å². The Hall–Kier alpha value is -3.57. The molecule has 12 heteroatoms. The first-order valence-electron chi connectivity index (χ1n) is 11.3. The summed E-state index contributed by atoms with van der Waals surface area (Å²) in [6.45, 7) is 4.91. The van der Waals surface area contributed by atoms with Gasteiger partial charge >= 0.3 is 0 Å². The van der Waals surface area contributed by atoms with E-state index in [2.05, 4.69) is 41.8 Å². The van der Waals surface area contributed by atoms with Gasteiger partial charge in [0.25, 0.3) is 5.56 Å². The normalized spacial score (nSPS) is 17.8. The molecule has 0 saturated carbocycles. The fraction of sp³-hybridized carbons (Fsp3) is 0.292. The molecule has 6 rings (SSSR count). The van der Waals surface area contributed by atoms with Gasteiger partial charge in [0.15, 0.2) is 11.6 Å². The van der Waals surface area contributed by atoms with Crippen LogP contribution in [0.1, 0.15) is 36.1 Å². The second-order valence-corrected chi connectivity index (χ2v) is 9.62. The number of nitrogens with zero attached hydrogens (tertiary/aromatic N) is 6. The molecule has 5 heterocycles. The number of fused-ring (bicyclic) bond motifs is 2. The van der Waals surface area contributed by atoms with Crippen molar-refractivity contribution in [3.05, 3.63) is 69.4 Å². The van der Waals surface area contributed by atoms with E-state index in [1.807, 2.05) is 35.2 Å². The lowest BCUT2D eigenvalue weighted by atomic mass is 9.74. The molecule has 1 saturated heterocycles. The van der Waals surface area contributed by atoms with E-state index >= 15 is 0 Å². The van der Waals surface area contributed by atoms with Gasteiger partial charge < -0.3 is 16.0 Å². The molecule has 1 aromatic carbocycles. The van der Waals surface area contributed by atoms with Gasteiger partial charge in [0.1, 0.15) is 22.7 Å². The topological polar surface area (TPSA) is 123 Å². The summed E-state index contributed by atoms with van der Waals surface area (Å²) in [6.07, 6.45) is 3.36. The van der Waals surface area contributed by atoms with Crippen LogP contribution in [0.5, 0.6) is 0 Å². The summed E-state index contributed by atoms with van der Waals surface area (Å²) >= 11 is 9.86. The maximum atomic E-state index is 13.7. The number of benzene rings is 1. The number of carbonyl (C=O) groups excluding carboxylic acids is 1. The van der Waals surface area contributed by atoms with E-state index in [-0.39, 0.29) is 35.3 Å². The third kappa shape index (κ3) is 3.61. The lowest BCUT2D eigenvalue weighted by Crippen LogP contribution is -2.58. The standard InChI is InChI=1S/C23H21ClN8O2.CH4S/c1-23(2)11-30(19-15-14(33)10-26-18(15)27-22(25)28-19)17(23)20-29-31-9-8-13(24)16(31)21(34)32(20)12-6-4-3-5-7-12;1-2/h3-9,17H,10-11H2,1-2H3,(H3,25,26,27,28);2H,1H3/t17-;/m1./s1. The van der Waals surface area contributed by atoms with E-state index in [1.54, 1.807) is 23.1 Å². The van der Waals surface area contributed by atoms with Gasteiger partial charge in [-0.15, -0.1) is 0 Å². The molecule has 3 aromatic heterocycles. The lowest BCUT2D eigenvalue weighted by molar-refractivity contribution is 0.101. The van der Waals surface area contributed by atoms with Gasteiger partial charge in [0.05, 0.1) is 23.3 Å². The fourth-order valence-electron chi connectivity index (χ4n) is 4.97. The minimum absolute atomic E-state index is 0.0699. The summed E-state index contributed by atoms with van der Waals surface area (Å²) in [6, 6.07) is 10.6. The lowest BCUT2D eigenvalue weighted by Gasteiger charge is -2.54. The summed E-state index contributed by atoms with van der Waals surface area (Å²) in [4.78, 5) is 37.0. The number of Topliss-reactive ketones (excluding diaryl/α,β-unsaturated/α-hetero) is 1. The number of aromatic nitrogens is 5. The highest BCUT2D eigenvalue weighted by molar-refractivity contribution is 7.79. The number of para-hydroxylation sites is 1. The first-order chi connectivity index (χ1) is 17.3. The van der Waals surface area contributed by atoms with Crippen LogP contribution >= 0.6 is 24.2 Å². The molecule has 2 aliphatic heterocycles. The Labute approximate surface area is 217 Å². The van der Waals surface area contributed by atoms with Gasteiger partial charge in [-0.1, -0.05) is 43.6 Å². The van der Waals surface area contributed by atoms with Crippen LogP contribution in [0.4, 0.5) is 17.6 Å². The van der Waals surface area contributed by atoms with Crippen LogP contribution in [0.25, 0.3) is 11.2 Å². The van der Waals surface area contributed by atoms with Crippen molar-refractivity contribution in [2.24, 2.45) is 5.41 Å². The molecule has 4 aromatic rings. The first-order valence-corrected chi connectivity index (χ1v) is 12.5. The second-order valence-electron chi connectivity index (χ2n) is 9.22. The number of thiol groups is 1. The Morgan fingerprint density at radius 3 is 2.56 bits per heavy atom. The highest BCUT2D eigenvalue weighted by atomic mass is 35.5. The molecule has 0 aliphatic carbocycles. The smallest absolute Gasteiger partial charge is 0.284 e. The zero-order valence-corrected chi connectivity index (χ0v) is 21.6. The summed E-state index contributed by atoms with van der Waals surface area (Å²) in [5.74, 6) is 1.35. The van der Waals surface area contributed by atoms with E-state index in [1.165, 1.54) is 4.52 Å². The Morgan fingerprint density at radius 1 is 1.14 bits per heavy atom. The number of halogens is 1. The molecule has 0 radical (unpaired) electrons. The monoisotopic (exact) mass is 524 g/mol. The number of rotatable bonds is 3. The van der Waals surface area contributed by atoms with E-state index in [4.69, 9.17) is 22.4 Å². The predicted molar refractivity (Wildman–Crippen MR) is 144 cm³/mol. The fourth-order valence-corrected chi connectivity index (χ4v) is 5.20. The largest absolute Gasteiger partial charge is 0.368 e. The van der Waals surface area contributed by atoms with E-state index < -0.39 is 0 Å². The highest BCUT2D eigenvalue weighted by Crippen LogP contribution is 2.51. The zero-order valence-electron chi connectivity index (χ0n) is 19.9. The number of nitrogens with one attached hydrogen (secondary N) is 1. The van der Waals surface area contributed by atoms with Crippen LogP contribution in [0.3, 0.4) is 0 Å². The van der Waals surface area contributed by atoms with E-state index in [0.29, 0.717) is 45.8 Å². The predicted octanol–water partition coefficient (Wildman–Crippen LogP) is 3.25. The van der Waals surface area contributed by atoms with Gasteiger partial charge in [-0.3, -0.25) is 14.2 Å². The van der Waals surface area contributed by atoms with Crippen LogP contribution in [0.15, 0.2) is 47.4 Å². The van der Waals surface area contributed by atoms with Gasteiger partial charge in [-0.2, -0.15) is 27.7 Å². The third-order valence-electron chi connectivity index (χ3n) is 6.43. The van der Waals surface area contributed by atoms with Crippen molar-refractivity contribution in [3.63, 3.8) is 0 Å². The molecule has 186 valence electrons. The molecule has 0 bridgehead atoms. The molecule has 0 amide bonds. The highest BCUT2D eigenvalue weighted by Gasteiger charge is 2.51. The number of nitrogen functional groups attached to an aromatic ring is 1. The summed E-state index contributed by atoms with van der Waals surface area (Å²) < 4.78 is 3.10. The molecule has 2 aliphatic rings. The number of carbonyl (C=O) groups is 1. The molecule has 36 heavy (non-hydrogen) atoms. The minimum Gasteiger partial charge on any atom is -0.368 e. The molecule has 1 atom stereocenters. The van der Waals surface area contributed by atoms with Gasteiger partial charge in [0.2, 0.25) is 5.95 Å². The first kappa shape index (κ1) is 24.1. The molecule has 0 unspecified atom stereocenters. The van der Waals surface area contributed by atoms with E-state index in [0.717, 1.165) is 0 Å². The number of anilines is 3. The van der Waals surface area contributed by atoms with Crippen LogP contribution < -0.4 is 21.5 Å². The Balaban J connectivity index is 0.00000130. The average molecular weight is 525 g/mol. The zero-order chi connectivity index (χ0) is 25.8. The van der Waals surface area contributed by atoms with Crippen LogP contribution in [-0.2, 0) is 0 Å². The second kappa shape index (κ2) is 8.82. The quantitative estimate of drug-likeness (QED) is 0.349. The molecular weight excluding hydrogens is 500 g/mol. The van der Waals surface area contributed by atoms with Gasteiger partial charge in [-0.25, -0.2) is 4.52 Å². The average Bonchev–Trinajstić information content (AvgIpc) is 3.41. The summed E-state index contributed by atoms with van der Waals surface area (Å²) in [5.41, 5.74) is 6.79. The molecule has 1 fully saturated rings. The molecule has 3 N–H and O–H groups in total. The minimum atomic E-state index is -0.377. The SMILES string of the molecule is CC1(C)CN(c2nc(N)nc3c2C(=O)CN3)[C@@H]1c1nn2ccc(Cl)c2c(=O)n1-c1ccccc1.CS. The van der Waals surface area contributed by atoms with Crippen molar-refractivity contribution >= 4 is 53.1 Å². The van der Waals surface area contributed by atoms with E-state index in [9.17, 15) is 9.59 Å². The van der Waals surface area contributed by atoms with Crippen molar-refractivity contribution in [3.8, 4) is 5.69 Å². The Morgan fingerprint density at radius 2 is 1.86 bits per heavy atom.